The van der Waals surface area contributed by atoms with Gasteiger partial charge in [-0.3, -0.25) is 4.79 Å². The number of amides is 1. The average Bonchev–Trinajstić information content (AvgIpc) is 3.04. The minimum absolute atomic E-state index is 0.171. The number of rotatable bonds is 34. The molecular weight excluding hydrogens is 558 g/mol. The monoisotopic (exact) mass is 634 g/mol. The molecule has 1 amide bonds. The van der Waals surface area contributed by atoms with Gasteiger partial charge in [0.1, 0.15) is 6.10 Å². The first-order chi connectivity index (χ1) is 22.1. The Morgan fingerprint density at radius 3 is 1.40 bits per heavy atom. The first-order valence-electron chi connectivity index (χ1n) is 19.3. The first-order valence-corrected chi connectivity index (χ1v) is 19.3. The van der Waals surface area contributed by atoms with Crippen LogP contribution in [0.1, 0.15) is 187 Å². The Morgan fingerprint density at radius 2 is 0.911 bits per heavy atom. The topological polar surface area (TPSA) is 89.8 Å². The summed E-state index contributed by atoms with van der Waals surface area (Å²) in [6.07, 6.45) is 42.4. The molecular formula is C40H75NO4. The summed E-state index contributed by atoms with van der Waals surface area (Å²) >= 11 is 0. The fraction of sp³-hybridized carbons (Fsp3) is 0.825. The van der Waals surface area contributed by atoms with E-state index in [-0.39, 0.29) is 12.5 Å². The highest BCUT2D eigenvalue weighted by molar-refractivity contribution is 5.76. The van der Waals surface area contributed by atoms with Crippen LogP contribution in [-0.2, 0) is 4.79 Å². The van der Waals surface area contributed by atoms with Crippen molar-refractivity contribution in [1.29, 1.82) is 0 Å². The van der Waals surface area contributed by atoms with Crippen LogP contribution in [0.3, 0.4) is 0 Å². The lowest BCUT2D eigenvalue weighted by Gasteiger charge is -2.26. The molecule has 5 heteroatoms. The van der Waals surface area contributed by atoms with Gasteiger partial charge in [-0.25, -0.2) is 0 Å². The maximum atomic E-state index is 12.3. The summed E-state index contributed by atoms with van der Waals surface area (Å²) in [5, 5.41) is 33.3. The van der Waals surface area contributed by atoms with Gasteiger partial charge in [0.15, 0.2) is 0 Å². The van der Waals surface area contributed by atoms with E-state index in [4.69, 9.17) is 0 Å². The molecule has 45 heavy (non-hydrogen) atoms. The van der Waals surface area contributed by atoms with Crippen molar-refractivity contribution in [2.24, 2.45) is 0 Å². The number of hydrogen-bond acceptors (Lipinski definition) is 4. The number of unbranched alkanes of at least 4 members (excludes halogenated alkanes) is 20. The van der Waals surface area contributed by atoms with Crippen molar-refractivity contribution in [3.8, 4) is 0 Å². The molecule has 0 aromatic heterocycles. The quantitative estimate of drug-likeness (QED) is 0.0419. The van der Waals surface area contributed by atoms with Crippen LogP contribution < -0.4 is 5.32 Å². The van der Waals surface area contributed by atoms with E-state index in [2.05, 4.69) is 55.6 Å². The van der Waals surface area contributed by atoms with Crippen LogP contribution in [0.15, 0.2) is 36.5 Å². The van der Waals surface area contributed by atoms with E-state index in [0.717, 1.165) is 51.4 Å². The molecule has 0 aliphatic heterocycles. The van der Waals surface area contributed by atoms with Gasteiger partial charge >= 0.3 is 0 Å². The van der Waals surface area contributed by atoms with Crippen molar-refractivity contribution >= 4 is 5.91 Å². The molecule has 3 unspecified atom stereocenters. The van der Waals surface area contributed by atoms with Crippen molar-refractivity contribution in [2.45, 2.75) is 205 Å². The smallest absolute Gasteiger partial charge is 0.220 e. The molecule has 0 heterocycles. The fourth-order valence-corrected chi connectivity index (χ4v) is 5.64. The van der Waals surface area contributed by atoms with E-state index >= 15 is 0 Å². The largest absolute Gasteiger partial charge is 0.394 e. The van der Waals surface area contributed by atoms with Gasteiger partial charge in [-0.05, 0) is 77.0 Å². The lowest BCUT2D eigenvalue weighted by atomic mass is 10.0. The van der Waals surface area contributed by atoms with Crippen molar-refractivity contribution < 1.29 is 20.1 Å². The lowest BCUT2D eigenvalue weighted by Crippen LogP contribution is -2.50. The van der Waals surface area contributed by atoms with Crippen LogP contribution in [-0.4, -0.2) is 46.1 Å². The number of allylic oxidation sites excluding steroid dienone is 6. The second kappa shape index (κ2) is 35.4. The second-order valence-corrected chi connectivity index (χ2v) is 13.1. The SMILES string of the molecule is CCCCC/C=C\CCCCCCCC(=O)NC(CO)C(O)C(O)CCC/C=C/CC/C=C/CCCCCCCCCCCC. The van der Waals surface area contributed by atoms with E-state index < -0.39 is 18.2 Å². The minimum atomic E-state index is -1.17. The molecule has 0 aliphatic rings. The second-order valence-electron chi connectivity index (χ2n) is 13.1. The molecule has 5 nitrogen and oxygen atoms in total. The molecule has 0 radical (unpaired) electrons. The van der Waals surface area contributed by atoms with Gasteiger partial charge in [-0.15, -0.1) is 0 Å². The van der Waals surface area contributed by atoms with Crippen LogP contribution in [0.2, 0.25) is 0 Å². The maximum absolute atomic E-state index is 12.3. The number of carbonyl (C=O) groups is 1. The molecule has 0 fully saturated rings. The molecule has 264 valence electrons. The number of carbonyl (C=O) groups excluding carboxylic acids is 1. The molecule has 0 spiro atoms. The molecule has 0 aliphatic carbocycles. The Bertz CT molecular complexity index is 704. The van der Waals surface area contributed by atoms with Crippen LogP contribution in [0, 0.1) is 0 Å². The number of nitrogens with one attached hydrogen (secondary N) is 1. The Balaban J connectivity index is 3.76. The third kappa shape index (κ3) is 31.0. The van der Waals surface area contributed by atoms with Gasteiger partial charge in [-0.1, -0.05) is 140 Å². The predicted molar refractivity (Wildman–Crippen MR) is 194 cm³/mol. The van der Waals surface area contributed by atoms with Crippen molar-refractivity contribution in [3.05, 3.63) is 36.5 Å². The van der Waals surface area contributed by atoms with Crippen molar-refractivity contribution in [3.63, 3.8) is 0 Å². The van der Waals surface area contributed by atoms with E-state index in [1.165, 1.54) is 109 Å². The average molecular weight is 634 g/mol. The lowest BCUT2D eigenvalue weighted by molar-refractivity contribution is -0.124. The third-order valence-corrected chi connectivity index (χ3v) is 8.69. The number of aliphatic hydroxyl groups is 3. The summed E-state index contributed by atoms with van der Waals surface area (Å²) in [6, 6.07) is -0.834. The minimum Gasteiger partial charge on any atom is -0.394 e. The molecule has 4 N–H and O–H groups in total. The van der Waals surface area contributed by atoms with Gasteiger partial charge < -0.3 is 20.6 Å². The number of aliphatic hydroxyl groups excluding tert-OH is 3. The van der Waals surface area contributed by atoms with E-state index in [9.17, 15) is 20.1 Å². The van der Waals surface area contributed by atoms with Gasteiger partial charge in [0.2, 0.25) is 5.91 Å². The molecule has 3 atom stereocenters. The molecule has 0 aromatic carbocycles. The molecule has 0 saturated carbocycles. The van der Waals surface area contributed by atoms with Crippen LogP contribution in [0.5, 0.6) is 0 Å². The summed E-state index contributed by atoms with van der Waals surface area (Å²) < 4.78 is 0. The fourth-order valence-electron chi connectivity index (χ4n) is 5.64. The molecule has 0 saturated heterocycles. The Hall–Kier alpha value is -1.43. The Morgan fingerprint density at radius 1 is 0.533 bits per heavy atom. The molecule has 0 rings (SSSR count). The van der Waals surface area contributed by atoms with Crippen LogP contribution in [0.4, 0.5) is 0 Å². The third-order valence-electron chi connectivity index (χ3n) is 8.69. The van der Waals surface area contributed by atoms with Crippen LogP contribution >= 0.6 is 0 Å². The van der Waals surface area contributed by atoms with E-state index in [1.54, 1.807) is 0 Å². The standard InChI is InChI=1S/C40H75NO4/c1-3-5-7-9-11-13-15-17-18-19-20-21-22-23-24-26-28-30-32-34-38(43)40(45)37(36-42)41-39(44)35-33-31-29-27-25-16-14-12-10-8-6-4-2/h12,14,21-22,26,28,37-38,40,42-43,45H,3-11,13,15-20,23-25,27,29-36H2,1-2H3,(H,41,44)/b14-12-,22-21+,28-26+. The normalized spacial score (nSPS) is 14.2. The highest BCUT2D eigenvalue weighted by Crippen LogP contribution is 2.13. The van der Waals surface area contributed by atoms with Gasteiger partial charge in [0.25, 0.3) is 0 Å². The zero-order chi connectivity index (χ0) is 33.1. The van der Waals surface area contributed by atoms with Gasteiger partial charge in [0, 0.05) is 6.42 Å². The Kier molecular flexibility index (Phi) is 34.3. The summed E-state index contributed by atoms with van der Waals surface area (Å²) in [5.74, 6) is -0.171. The summed E-state index contributed by atoms with van der Waals surface area (Å²) in [4.78, 5) is 12.3. The Labute approximate surface area is 279 Å². The van der Waals surface area contributed by atoms with Crippen LogP contribution in [0.25, 0.3) is 0 Å². The summed E-state index contributed by atoms with van der Waals surface area (Å²) in [5.41, 5.74) is 0. The highest BCUT2D eigenvalue weighted by atomic mass is 16.3. The predicted octanol–water partition coefficient (Wildman–Crippen LogP) is 10.4. The van der Waals surface area contributed by atoms with E-state index in [1.807, 2.05) is 0 Å². The van der Waals surface area contributed by atoms with Gasteiger partial charge in [-0.2, -0.15) is 0 Å². The maximum Gasteiger partial charge on any atom is 0.220 e. The zero-order valence-electron chi connectivity index (χ0n) is 29.7. The first kappa shape index (κ1) is 43.6. The summed E-state index contributed by atoms with van der Waals surface area (Å²) in [7, 11) is 0. The van der Waals surface area contributed by atoms with Crippen molar-refractivity contribution in [1.82, 2.24) is 5.32 Å². The van der Waals surface area contributed by atoms with Gasteiger partial charge in [0.05, 0.1) is 18.8 Å². The molecule has 0 bridgehead atoms. The highest BCUT2D eigenvalue weighted by Gasteiger charge is 2.26. The molecule has 0 aromatic rings. The van der Waals surface area contributed by atoms with E-state index in [0.29, 0.717) is 12.8 Å². The van der Waals surface area contributed by atoms with Crippen molar-refractivity contribution in [2.75, 3.05) is 6.61 Å². The summed E-state index contributed by atoms with van der Waals surface area (Å²) in [6.45, 7) is 4.12. The zero-order valence-corrected chi connectivity index (χ0v) is 29.7. The number of hydrogen-bond donors (Lipinski definition) is 4.